The van der Waals surface area contributed by atoms with E-state index in [1.54, 1.807) is 6.20 Å². The molecule has 3 nitrogen and oxygen atoms in total. The SMILES string of the molecule is CNCc1ccc(OCc2cncc(C)c2)c(Cl)c1. The maximum absolute atomic E-state index is 6.19. The normalized spacial score (nSPS) is 10.5. The van der Waals surface area contributed by atoms with Crippen LogP contribution in [0.15, 0.2) is 36.7 Å². The number of aryl methyl sites for hydroxylation is 1. The predicted molar refractivity (Wildman–Crippen MR) is 77.5 cm³/mol. The molecule has 0 aliphatic rings. The van der Waals surface area contributed by atoms with Crippen molar-refractivity contribution in [1.82, 2.24) is 10.3 Å². The zero-order chi connectivity index (χ0) is 13.7. The van der Waals surface area contributed by atoms with Crippen molar-refractivity contribution >= 4 is 11.6 Å². The summed E-state index contributed by atoms with van der Waals surface area (Å²) in [6.45, 7) is 3.28. The molecule has 1 aromatic carbocycles. The average molecular weight is 277 g/mol. The maximum atomic E-state index is 6.19. The summed E-state index contributed by atoms with van der Waals surface area (Å²) in [5, 5.41) is 3.72. The molecular weight excluding hydrogens is 260 g/mol. The molecule has 0 unspecified atom stereocenters. The van der Waals surface area contributed by atoms with E-state index in [1.165, 1.54) is 0 Å². The summed E-state index contributed by atoms with van der Waals surface area (Å²) in [7, 11) is 1.91. The predicted octanol–water partition coefficient (Wildman–Crippen LogP) is 3.34. The van der Waals surface area contributed by atoms with Crippen molar-refractivity contribution in [3.63, 3.8) is 0 Å². The minimum Gasteiger partial charge on any atom is -0.487 e. The minimum atomic E-state index is 0.472. The molecule has 100 valence electrons. The van der Waals surface area contributed by atoms with Crippen LogP contribution in [0.4, 0.5) is 0 Å². The molecule has 0 aliphatic carbocycles. The van der Waals surface area contributed by atoms with E-state index in [-0.39, 0.29) is 0 Å². The fourth-order valence-corrected chi connectivity index (χ4v) is 2.09. The standard InChI is InChI=1S/C15H17ClN2O/c1-11-5-13(9-18-7-11)10-19-15-4-3-12(8-17-2)6-14(15)16/h3-7,9,17H,8,10H2,1-2H3. The first-order valence-corrected chi connectivity index (χ1v) is 6.53. The average Bonchev–Trinajstić information content (AvgIpc) is 2.38. The Hall–Kier alpha value is -1.58. The van der Waals surface area contributed by atoms with Crippen LogP contribution in [0.25, 0.3) is 0 Å². The number of hydrogen-bond donors (Lipinski definition) is 1. The molecule has 1 N–H and O–H groups in total. The number of halogens is 1. The lowest BCUT2D eigenvalue weighted by Crippen LogP contribution is -2.05. The van der Waals surface area contributed by atoms with Crippen LogP contribution in [0.2, 0.25) is 5.02 Å². The lowest BCUT2D eigenvalue weighted by atomic mass is 10.2. The third-order valence-corrected chi connectivity index (χ3v) is 3.00. The Labute approximate surface area is 118 Å². The van der Waals surface area contributed by atoms with Crippen molar-refractivity contribution in [2.45, 2.75) is 20.1 Å². The van der Waals surface area contributed by atoms with Gasteiger partial charge in [-0.2, -0.15) is 0 Å². The summed E-state index contributed by atoms with van der Waals surface area (Å²) in [6.07, 6.45) is 3.62. The van der Waals surface area contributed by atoms with Gasteiger partial charge < -0.3 is 10.1 Å². The first kappa shape index (κ1) is 13.8. The molecular formula is C15H17ClN2O. The molecule has 0 radical (unpaired) electrons. The Morgan fingerprint density at radius 2 is 2.05 bits per heavy atom. The zero-order valence-corrected chi connectivity index (χ0v) is 11.9. The molecule has 0 bridgehead atoms. The Morgan fingerprint density at radius 1 is 1.21 bits per heavy atom. The summed E-state index contributed by atoms with van der Waals surface area (Å²) >= 11 is 6.19. The van der Waals surface area contributed by atoms with Crippen LogP contribution in [0.3, 0.4) is 0 Å². The first-order chi connectivity index (χ1) is 9.19. The van der Waals surface area contributed by atoms with Gasteiger partial charge in [-0.05, 0) is 43.3 Å². The summed E-state index contributed by atoms with van der Waals surface area (Å²) in [5.41, 5.74) is 3.30. The van der Waals surface area contributed by atoms with Gasteiger partial charge in [-0.15, -0.1) is 0 Å². The van der Waals surface area contributed by atoms with E-state index in [9.17, 15) is 0 Å². The van der Waals surface area contributed by atoms with Crippen LogP contribution in [0.1, 0.15) is 16.7 Å². The minimum absolute atomic E-state index is 0.472. The Bertz CT molecular complexity index is 558. The highest BCUT2D eigenvalue weighted by molar-refractivity contribution is 6.32. The van der Waals surface area contributed by atoms with E-state index in [1.807, 2.05) is 38.4 Å². The Balaban J connectivity index is 2.03. The quantitative estimate of drug-likeness (QED) is 0.909. The van der Waals surface area contributed by atoms with Crippen LogP contribution in [-0.2, 0) is 13.2 Å². The number of aromatic nitrogens is 1. The van der Waals surface area contributed by atoms with Crippen molar-refractivity contribution in [1.29, 1.82) is 0 Å². The highest BCUT2D eigenvalue weighted by Crippen LogP contribution is 2.26. The molecule has 0 saturated carbocycles. The van der Waals surface area contributed by atoms with E-state index >= 15 is 0 Å². The molecule has 0 spiro atoms. The second kappa shape index (κ2) is 6.55. The van der Waals surface area contributed by atoms with Crippen molar-refractivity contribution in [3.05, 3.63) is 58.4 Å². The smallest absolute Gasteiger partial charge is 0.138 e. The maximum Gasteiger partial charge on any atom is 0.138 e. The lowest BCUT2D eigenvalue weighted by Gasteiger charge is -2.09. The van der Waals surface area contributed by atoms with Gasteiger partial charge in [-0.25, -0.2) is 0 Å². The topological polar surface area (TPSA) is 34.1 Å². The van der Waals surface area contributed by atoms with E-state index < -0.39 is 0 Å². The highest BCUT2D eigenvalue weighted by atomic mass is 35.5. The summed E-state index contributed by atoms with van der Waals surface area (Å²) < 4.78 is 5.72. The molecule has 1 heterocycles. The molecule has 1 aromatic heterocycles. The third kappa shape index (κ3) is 3.94. The van der Waals surface area contributed by atoms with E-state index in [2.05, 4.69) is 16.4 Å². The number of benzene rings is 1. The van der Waals surface area contributed by atoms with Gasteiger partial charge in [0.15, 0.2) is 0 Å². The monoisotopic (exact) mass is 276 g/mol. The van der Waals surface area contributed by atoms with Crippen molar-refractivity contribution in [2.75, 3.05) is 7.05 Å². The number of rotatable bonds is 5. The fourth-order valence-electron chi connectivity index (χ4n) is 1.83. The molecule has 2 aromatic rings. The summed E-state index contributed by atoms with van der Waals surface area (Å²) in [5.74, 6) is 0.697. The van der Waals surface area contributed by atoms with E-state index in [0.29, 0.717) is 17.4 Å². The van der Waals surface area contributed by atoms with Gasteiger partial charge in [-0.3, -0.25) is 4.98 Å². The third-order valence-electron chi connectivity index (χ3n) is 2.70. The van der Waals surface area contributed by atoms with Gasteiger partial charge in [0.05, 0.1) is 5.02 Å². The molecule has 2 rings (SSSR count). The largest absolute Gasteiger partial charge is 0.487 e. The van der Waals surface area contributed by atoms with Crippen molar-refractivity contribution in [2.24, 2.45) is 0 Å². The first-order valence-electron chi connectivity index (χ1n) is 6.15. The summed E-state index contributed by atoms with van der Waals surface area (Å²) in [4.78, 5) is 4.14. The number of pyridine rings is 1. The van der Waals surface area contributed by atoms with Crippen LogP contribution < -0.4 is 10.1 Å². The highest BCUT2D eigenvalue weighted by Gasteiger charge is 2.04. The molecule has 0 atom stereocenters. The fraction of sp³-hybridized carbons (Fsp3) is 0.267. The Kier molecular flexibility index (Phi) is 4.77. The molecule has 0 fully saturated rings. The van der Waals surface area contributed by atoms with Gasteiger partial charge in [0.2, 0.25) is 0 Å². The van der Waals surface area contributed by atoms with Gasteiger partial charge in [0.25, 0.3) is 0 Å². The van der Waals surface area contributed by atoms with Crippen LogP contribution in [0.5, 0.6) is 5.75 Å². The van der Waals surface area contributed by atoms with Gasteiger partial charge in [0.1, 0.15) is 12.4 Å². The summed E-state index contributed by atoms with van der Waals surface area (Å²) in [6, 6.07) is 7.88. The molecule has 0 aliphatic heterocycles. The second-order valence-electron chi connectivity index (χ2n) is 4.45. The van der Waals surface area contributed by atoms with Crippen LogP contribution in [-0.4, -0.2) is 12.0 Å². The van der Waals surface area contributed by atoms with Crippen LogP contribution in [0, 0.1) is 6.92 Å². The number of ether oxygens (including phenoxy) is 1. The van der Waals surface area contributed by atoms with Gasteiger partial charge in [-0.1, -0.05) is 17.7 Å². The zero-order valence-electron chi connectivity index (χ0n) is 11.1. The number of hydrogen-bond acceptors (Lipinski definition) is 3. The second-order valence-corrected chi connectivity index (χ2v) is 4.86. The molecule has 4 heteroatoms. The van der Waals surface area contributed by atoms with Gasteiger partial charge >= 0.3 is 0 Å². The lowest BCUT2D eigenvalue weighted by molar-refractivity contribution is 0.306. The number of nitrogens with one attached hydrogen (secondary N) is 1. The van der Waals surface area contributed by atoms with Crippen molar-refractivity contribution in [3.8, 4) is 5.75 Å². The van der Waals surface area contributed by atoms with Crippen molar-refractivity contribution < 1.29 is 4.74 Å². The Morgan fingerprint density at radius 3 is 2.74 bits per heavy atom. The van der Waals surface area contributed by atoms with E-state index in [4.69, 9.17) is 16.3 Å². The van der Waals surface area contributed by atoms with E-state index in [0.717, 1.165) is 23.2 Å². The number of nitrogens with zero attached hydrogens (tertiary/aromatic N) is 1. The molecule has 0 amide bonds. The molecule has 0 saturated heterocycles. The van der Waals surface area contributed by atoms with Gasteiger partial charge in [0, 0.05) is 24.5 Å². The van der Waals surface area contributed by atoms with Crippen LogP contribution >= 0.6 is 11.6 Å². The molecule has 19 heavy (non-hydrogen) atoms.